The van der Waals surface area contributed by atoms with Crippen LogP contribution in [0.2, 0.25) is 0 Å². The second-order valence-electron chi connectivity index (χ2n) is 0.976. The molecule has 0 bridgehead atoms. The van der Waals surface area contributed by atoms with Crippen LogP contribution in [-0.4, -0.2) is 0 Å². The molecule has 0 unspecified atom stereocenters. The van der Waals surface area contributed by atoms with Crippen LogP contribution in [0.1, 0.15) is 0 Å². The third-order valence-electron chi connectivity index (χ3n) is 0.200. The first-order chi connectivity index (χ1) is 3.71. The molecule has 0 aliphatic heterocycles. The van der Waals surface area contributed by atoms with Gasteiger partial charge in [-0.1, -0.05) is 0 Å². The Labute approximate surface area is 68.9 Å². The van der Waals surface area contributed by atoms with Gasteiger partial charge in [0.1, 0.15) is 0 Å². The number of phosphoric acid groups is 2. The minimum absolute atomic E-state index is 0. The average Bonchev–Trinajstić information content (AvgIpc) is 1.14. The molecule has 0 N–H and O–H groups in total. The Morgan fingerprint density at radius 1 is 0.900 bits per heavy atom. The second kappa shape index (κ2) is 4.06. The Balaban J connectivity index is 0. The number of rotatable bonds is 2. The largest absolute Gasteiger partial charge is 4.00 e. The van der Waals surface area contributed by atoms with Gasteiger partial charge in [-0.15, -0.1) is 0 Å². The van der Waals surface area contributed by atoms with E-state index in [1.54, 1.807) is 0 Å². The predicted octanol–water partition coefficient (Wildman–Crippen LogP) is -3.34. The van der Waals surface area contributed by atoms with Gasteiger partial charge in [0.25, 0.3) is 0 Å². The maximum absolute atomic E-state index is 9.32. The van der Waals surface area contributed by atoms with Crippen molar-refractivity contribution in [3.05, 3.63) is 0 Å². The molecule has 0 aliphatic carbocycles. The molecule has 0 spiro atoms. The predicted molar refractivity (Wildman–Crippen MR) is 16.3 cm³/mol. The first kappa shape index (κ1) is 13.5. The van der Waals surface area contributed by atoms with Crippen molar-refractivity contribution in [2.45, 2.75) is 0 Å². The van der Waals surface area contributed by atoms with Crippen molar-refractivity contribution in [3.8, 4) is 0 Å². The SMILES string of the molecule is O=P([O-])([O-])OP(=O)([O-])[O-].[Os+4]. The van der Waals surface area contributed by atoms with Gasteiger partial charge in [0, 0.05) is 0 Å². The molecule has 0 aromatic carbocycles. The standard InChI is InChI=1S/H4O7P2.Os/c1-8(2,3)7-9(4,5)6;/h(H2,1,2,3)(H2,4,5,6);/q;+4/p-4. The summed E-state index contributed by atoms with van der Waals surface area (Å²) >= 11 is 0. The molecule has 0 radical (unpaired) electrons. The van der Waals surface area contributed by atoms with Crippen molar-refractivity contribution in [2.24, 2.45) is 0 Å². The van der Waals surface area contributed by atoms with E-state index >= 15 is 0 Å². The molecule has 10 heteroatoms. The van der Waals surface area contributed by atoms with Crippen LogP contribution in [0.15, 0.2) is 0 Å². The maximum Gasteiger partial charge on any atom is 4.00 e. The van der Waals surface area contributed by atoms with Gasteiger partial charge in [0.15, 0.2) is 0 Å². The summed E-state index contributed by atoms with van der Waals surface area (Å²) in [6.07, 6.45) is 0. The summed E-state index contributed by atoms with van der Waals surface area (Å²) in [5, 5.41) is 0. The molecule has 0 amide bonds. The molecule has 10 heavy (non-hydrogen) atoms. The van der Waals surface area contributed by atoms with Crippen LogP contribution in [0.25, 0.3) is 0 Å². The molecule has 0 heterocycles. The van der Waals surface area contributed by atoms with Gasteiger partial charge in [0.2, 0.25) is 0 Å². The van der Waals surface area contributed by atoms with Crippen molar-refractivity contribution in [2.75, 3.05) is 0 Å². The monoisotopic (exact) mass is 366 g/mol. The third-order valence-corrected chi connectivity index (χ3v) is 1.80. The number of hydrogen-bond donors (Lipinski definition) is 0. The van der Waals surface area contributed by atoms with Crippen LogP contribution >= 0.6 is 15.6 Å². The second-order valence-corrected chi connectivity index (χ2v) is 3.42. The summed E-state index contributed by atoms with van der Waals surface area (Å²) < 4.78 is 21.2. The molecular weight excluding hydrogens is 364 g/mol. The van der Waals surface area contributed by atoms with Crippen molar-refractivity contribution < 1.29 is 52.8 Å². The van der Waals surface area contributed by atoms with E-state index in [0.29, 0.717) is 0 Å². The Morgan fingerprint density at radius 3 is 1.10 bits per heavy atom. The minimum atomic E-state index is -5.68. The van der Waals surface area contributed by atoms with E-state index in [1.165, 1.54) is 0 Å². The van der Waals surface area contributed by atoms with Gasteiger partial charge in [-0.3, -0.25) is 0 Å². The van der Waals surface area contributed by atoms with E-state index in [-0.39, 0.29) is 19.8 Å². The van der Waals surface area contributed by atoms with Gasteiger partial charge in [-0.25, -0.2) is 0 Å². The van der Waals surface area contributed by atoms with Crippen molar-refractivity contribution in [3.63, 3.8) is 0 Å². The zero-order chi connectivity index (χ0) is 7.71. The van der Waals surface area contributed by atoms with Gasteiger partial charge in [0.05, 0.1) is 15.6 Å². The van der Waals surface area contributed by atoms with Gasteiger partial charge in [-0.05, 0) is 0 Å². The van der Waals surface area contributed by atoms with Gasteiger partial charge in [-0.2, -0.15) is 0 Å². The molecule has 0 aliphatic rings. The van der Waals surface area contributed by atoms with E-state index < -0.39 is 15.6 Å². The third kappa shape index (κ3) is 11.7. The van der Waals surface area contributed by atoms with Gasteiger partial charge < -0.3 is 33.0 Å². The summed E-state index contributed by atoms with van der Waals surface area (Å²) in [4.78, 5) is 37.3. The van der Waals surface area contributed by atoms with Crippen LogP contribution in [0, 0.1) is 0 Å². The minimum Gasteiger partial charge on any atom is -0.790 e. The summed E-state index contributed by atoms with van der Waals surface area (Å²) in [6, 6.07) is 0. The topological polar surface area (TPSA) is 136 Å². The molecule has 0 saturated carbocycles. The summed E-state index contributed by atoms with van der Waals surface area (Å²) in [5.74, 6) is 0. The maximum atomic E-state index is 9.32. The molecule has 0 saturated heterocycles. The molecule has 0 rings (SSSR count). The summed E-state index contributed by atoms with van der Waals surface area (Å²) in [5.41, 5.74) is 0. The van der Waals surface area contributed by atoms with Crippen molar-refractivity contribution in [1.29, 1.82) is 0 Å². The molecule has 0 aromatic rings. The fourth-order valence-electron chi connectivity index (χ4n) is 0.122. The van der Waals surface area contributed by atoms with E-state index in [2.05, 4.69) is 4.31 Å². The Hall–Kier alpha value is 0.896. The summed E-state index contributed by atoms with van der Waals surface area (Å²) in [7, 11) is -11.4. The Bertz CT molecular complexity index is 152. The molecular formula is O7OsP2. The van der Waals surface area contributed by atoms with E-state index in [0.717, 1.165) is 0 Å². The molecule has 60 valence electrons. The molecule has 0 atom stereocenters. The summed E-state index contributed by atoms with van der Waals surface area (Å²) in [6.45, 7) is 0. The molecule has 7 nitrogen and oxygen atoms in total. The first-order valence-electron chi connectivity index (χ1n) is 1.46. The average molecular weight is 364 g/mol. The van der Waals surface area contributed by atoms with Crippen LogP contribution < -0.4 is 19.6 Å². The zero-order valence-corrected chi connectivity index (χ0v) is 8.43. The molecule has 0 aromatic heterocycles. The van der Waals surface area contributed by atoms with Crippen LogP contribution in [0.5, 0.6) is 0 Å². The van der Waals surface area contributed by atoms with E-state index in [1.807, 2.05) is 0 Å². The fraction of sp³-hybridized carbons (Fsp3) is 0. The van der Waals surface area contributed by atoms with Crippen molar-refractivity contribution >= 4 is 15.6 Å². The smallest absolute Gasteiger partial charge is 0.790 e. The quantitative estimate of drug-likeness (QED) is 0.467. The van der Waals surface area contributed by atoms with E-state index in [4.69, 9.17) is 0 Å². The molecule has 0 fully saturated rings. The first-order valence-corrected chi connectivity index (χ1v) is 4.38. The van der Waals surface area contributed by atoms with E-state index in [9.17, 15) is 28.7 Å². The van der Waals surface area contributed by atoms with Gasteiger partial charge >= 0.3 is 19.8 Å². The normalized spacial score (nSPS) is 12.4. The Kier molecular flexibility index (Phi) is 5.47. The van der Waals surface area contributed by atoms with Crippen LogP contribution in [0.3, 0.4) is 0 Å². The number of hydrogen-bond acceptors (Lipinski definition) is 7. The zero-order valence-electron chi connectivity index (χ0n) is 4.11. The Morgan fingerprint density at radius 2 is 1.10 bits per heavy atom. The van der Waals surface area contributed by atoms with Crippen molar-refractivity contribution in [1.82, 2.24) is 0 Å². The fourth-order valence-corrected chi connectivity index (χ4v) is 1.10. The van der Waals surface area contributed by atoms with Crippen LogP contribution in [0.4, 0.5) is 0 Å². The van der Waals surface area contributed by atoms with Crippen LogP contribution in [-0.2, 0) is 33.2 Å².